The van der Waals surface area contributed by atoms with Gasteiger partial charge in [0, 0.05) is 31.2 Å². The van der Waals surface area contributed by atoms with Crippen LogP contribution < -0.4 is 15.3 Å². The topological polar surface area (TPSA) is 81.6 Å². The molecule has 4 rings (SSSR count). The fraction of sp³-hybridized carbons (Fsp3) is 0.267. The van der Waals surface area contributed by atoms with Crippen molar-refractivity contribution in [1.82, 2.24) is 15.4 Å². The van der Waals surface area contributed by atoms with Gasteiger partial charge in [-0.15, -0.1) is 0 Å². The third kappa shape index (κ3) is 2.18. The van der Waals surface area contributed by atoms with Crippen molar-refractivity contribution in [2.24, 2.45) is 0 Å². The molecule has 0 aliphatic carbocycles. The summed E-state index contributed by atoms with van der Waals surface area (Å²) in [6.07, 6.45) is 2.77. The van der Waals surface area contributed by atoms with Crippen LogP contribution >= 0.6 is 0 Å². The molecular weight excluding hydrogens is 301 g/mol. The summed E-state index contributed by atoms with van der Waals surface area (Å²) in [5, 5.41) is 8.57. The van der Waals surface area contributed by atoms with Crippen LogP contribution in [-0.4, -0.2) is 46.3 Å². The Labute approximate surface area is 131 Å². The molecule has 0 bridgehead atoms. The van der Waals surface area contributed by atoms with Crippen LogP contribution in [0.15, 0.2) is 36.7 Å². The van der Waals surface area contributed by atoms with Crippen molar-refractivity contribution in [3.8, 4) is 0 Å². The molecule has 1 aromatic heterocycles. The van der Waals surface area contributed by atoms with E-state index in [0.717, 1.165) is 18.8 Å². The highest BCUT2D eigenvalue weighted by Crippen LogP contribution is 2.38. The molecule has 2 unspecified atom stereocenters. The maximum absolute atomic E-state index is 13.0. The van der Waals surface area contributed by atoms with Crippen LogP contribution in [0.5, 0.6) is 0 Å². The first-order valence-electron chi connectivity index (χ1n) is 7.22. The zero-order valence-electron chi connectivity index (χ0n) is 12.1. The first kappa shape index (κ1) is 13.9. The van der Waals surface area contributed by atoms with Crippen LogP contribution in [0, 0.1) is 5.82 Å². The molecule has 2 aliphatic heterocycles. The highest BCUT2D eigenvalue weighted by atomic mass is 19.1. The number of amides is 1. The van der Waals surface area contributed by atoms with Crippen molar-refractivity contribution in [2.45, 2.75) is 12.1 Å². The Kier molecular flexibility index (Phi) is 3.12. The number of piperazine rings is 1. The molecule has 1 aromatic carbocycles. The Hall–Kier alpha value is -2.74. The van der Waals surface area contributed by atoms with Gasteiger partial charge in [-0.05, 0) is 24.3 Å². The summed E-state index contributed by atoms with van der Waals surface area (Å²) in [6, 6.07) is 7.21. The monoisotopic (exact) mass is 315 g/mol. The Morgan fingerprint density at radius 3 is 2.30 bits per heavy atom. The van der Waals surface area contributed by atoms with Gasteiger partial charge in [-0.2, -0.15) is 0 Å². The minimum absolute atomic E-state index is 0.204. The zero-order chi connectivity index (χ0) is 16.0. The smallest absolute Gasteiger partial charge is 0.277 e. The standard InChI is InChI=1S/C15H14FN5O2/c16-10-1-3-11(4-2-10)20-7-13-12(20)8-21(13)15-17-5-9(6-18-15)14(22)19-23/h1-6,12-13,23H,7-8H2,(H,19,22). The molecule has 0 radical (unpaired) electrons. The number of hydrogen-bond acceptors (Lipinski definition) is 6. The van der Waals surface area contributed by atoms with Crippen molar-refractivity contribution in [1.29, 1.82) is 0 Å². The lowest BCUT2D eigenvalue weighted by Gasteiger charge is -2.62. The molecule has 3 heterocycles. The fourth-order valence-electron chi connectivity index (χ4n) is 3.06. The van der Waals surface area contributed by atoms with E-state index < -0.39 is 5.91 Å². The second-order valence-electron chi connectivity index (χ2n) is 5.63. The second kappa shape index (κ2) is 5.17. The molecular formula is C15H14FN5O2. The Morgan fingerprint density at radius 1 is 1.13 bits per heavy atom. The first-order chi connectivity index (χ1) is 11.2. The van der Waals surface area contributed by atoms with Gasteiger partial charge in [0.25, 0.3) is 5.91 Å². The molecule has 2 aromatic rings. The van der Waals surface area contributed by atoms with Crippen molar-refractivity contribution in [3.63, 3.8) is 0 Å². The number of halogens is 1. The normalized spacial score (nSPS) is 22.0. The van der Waals surface area contributed by atoms with Gasteiger partial charge in [0.1, 0.15) is 5.82 Å². The van der Waals surface area contributed by atoms with Gasteiger partial charge < -0.3 is 9.80 Å². The van der Waals surface area contributed by atoms with Crippen LogP contribution in [0.4, 0.5) is 16.0 Å². The Balaban J connectivity index is 1.42. The van der Waals surface area contributed by atoms with Crippen LogP contribution in [0.1, 0.15) is 10.4 Å². The number of nitrogens with zero attached hydrogens (tertiary/aromatic N) is 4. The van der Waals surface area contributed by atoms with Crippen molar-refractivity contribution >= 4 is 17.5 Å². The largest absolute Gasteiger partial charge is 0.362 e. The lowest BCUT2D eigenvalue weighted by molar-refractivity contribution is 0.0705. The number of hydroxylamine groups is 1. The highest BCUT2D eigenvalue weighted by Gasteiger charge is 2.52. The van der Waals surface area contributed by atoms with Gasteiger partial charge in [0.15, 0.2) is 0 Å². The van der Waals surface area contributed by atoms with Crippen molar-refractivity contribution < 1.29 is 14.4 Å². The molecule has 23 heavy (non-hydrogen) atoms. The lowest BCUT2D eigenvalue weighted by Crippen LogP contribution is -2.79. The van der Waals surface area contributed by atoms with E-state index in [2.05, 4.69) is 19.8 Å². The molecule has 7 nitrogen and oxygen atoms in total. The third-order valence-corrected chi connectivity index (χ3v) is 4.43. The summed E-state index contributed by atoms with van der Waals surface area (Å²) in [7, 11) is 0. The SMILES string of the molecule is O=C(NO)c1cnc(N2CC3C2CN3c2ccc(F)cc2)nc1. The Bertz CT molecular complexity index is 737. The number of carbonyl (C=O) groups excluding carboxylic acids is 1. The van der Waals surface area contributed by atoms with Gasteiger partial charge in [-0.3, -0.25) is 10.0 Å². The van der Waals surface area contributed by atoms with Gasteiger partial charge >= 0.3 is 0 Å². The number of anilines is 2. The average Bonchev–Trinajstić information content (AvgIpc) is 2.57. The maximum Gasteiger partial charge on any atom is 0.277 e. The Morgan fingerprint density at radius 2 is 1.74 bits per heavy atom. The van der Waals surface area contributed by atoms with E-state index in [4.69, 9.17) is 5.21 Å². The van der Waals surface area contributed by atoms with E-state index >= 15 is 0 Å². The highest BCUT2D eigenvalue weighted by molar-refractivity contribution is 5.92. The van der Waals surface area contributed by atoms with Crippen molar-refractivity contribution in [2.75, 3.05) is 22.9 Å². The summed E-state index contributed by atoms with van der Waals surface area (Å²) in [5.41, 5.74) is 2.77. The number of carbonyl (C=O) groups is 1. The number of rotatable bonds is 3. The van der Waals surface area contributed by atoms with E-state index in [9.17, 15) is 9.18 Å². The quantitative estimate of drug-likeness (QED) is 0.644. The molecule has 2 atom stereocenters. The lowest BCUT2D eigenvalue weighted by atomic mass is 9.85. The zero-order valence-corrected chi connectivity index (χ0v) is 12.1. The first-order valence-corrected chi connectivity index (χ1v) is 7.22. The number of fused-ring (bicyclic) bond motifs is 1. The number of nitrogens with one attached hydrogen (secondary N) is 1. The second-order valence-corrected chi connectivity index (χ2v) is 5.63. The fourth-order valence-corrected chi connectivity index (χ4v) is 3.06. The summed E-state index contributed by atoms with van der Waals surface area (Å²) in [4.78, 5) is 23.9. The molecule has 8 heteroatoms. The molecule has 0 saturated carbocycles. The maximum atomic E-state index is 13.0. The molecule has 118 valence electrons. The summed E-state index contributed by atoms with van der Waals surface area (Å²) < 4.78 is 13.0. The predicted molar refractivity (Wildman–Crippen MR) is 80.0 cm³/mol. The number of benzene rings is 1. The van der Waals surface area contributed by atoms with E-state index in [0.29, 0.717) is 18.0 Å². The average molecular weight is 315 g/mol. The van der Waals surface area contributed by atoms with E-state index in [-0.39, 0.29) is 11.4 Å². The summed E-state index contributed by atoms with van der Waals surface area (Å²) >= 11 is 0. The third-order valence-electron chi connectivity index (χ3n) is 4.43. The number of hydrogen-bond donors (Lipinski definition) is 2. The van der Waals surface area contributed by atoms with Gasteiger partial charge in [0.2, 0.25) is 5.95 Å². The molecule has 2 N–H and O–H groups in total. The molecule has 2 fully saturated rings. The predicted octanol–water partition coefficient (Wildman–Crippen LogP) is 0.812. The molecule has 0 spiro atoms. The van der Waals surface area contributed by atoms with Crippen molar-refractivity contribution in [3.05, 3.63) is 48.0 Å². The molecule has 2 saturated heterocycles. The van der Waals surface area contributed by atoms with Crippen LogP contribution in [0.25, 0.3) is 0 Å². The van der Waals surface area contributed by atoms with E-state index in [1.807, 2.05) is 0 Å². The number of aromatic nitrogens is 2. The van der Waals surface area contributed by atoms with Crippen LogP contribution in [0.2, 0.25) is 0 Å². The molecule has 2 aliphatic rings. The molecule has 1 amide bonds. The minimum atomic E-state index is -0.635. The minimum Gasteiger partial charge on any atom is -0.362 e. The van der Waals surface area contributed by atoms with Gasteiger partial charge in [-0.1, -0.05) is 0 Å². The van der Waals surface area contributed by atoms with Crippen LogP contribution in [0.3, 0.4) is 0 Å². The van der Waals surface area contributed by atoms with E-state index in [1.54, 1.807) is 17.6 Å². The summed E-state index contributed by atoms with van der Waals surface area (Å²) in [5.74, 6) is -0.301. The van der Waals surface area contributed by atoms with Gasteiger partial charge in [-0.25, -0.2) is 19.8 Å². The summed E-state index contributed by atoms with van der Waals surface area (Å²) in [6.45, 7) is 1.62. The van der Waals surface area contributed by atoms with E-state index in [1.165, 1.54) is 24.5 Å². The van der Waals surface area contributed by atoms with Gasteiger partial charge in [0.05, 0.1) is 17.6 Å². The van der Waals surface area contributed by atoms with Crippen LogP contribution in [-0.2, 0) is 0 Å².